The van der Waals surface area contributed by atoms with Crippen LogP contribution in [0.5, 0.6) is 0 Å². The zero-order valence-electron chi connectivity index (χ0n) is 12.5. The van der Waals surface area contributed by atoms with Crippen molar-refractivity contribution in [2.45, 2.75) is 45.1 Å². The van der Waals surface area contributed by atoms with Crippen LogP contribution in [0.4, 0.5) is 5.69 Å². The Morgan fingerprint density at radius 1 is 1.45 bits per heavy atom. The molecule has 1 aliphatic carbocycles. The van der Waals surface area contributed by atoms with Crippen LogP contribution in [0.2, 0.25) is 0 Å². The van der Waals surface area contributed by atoms with E-state index in [-0.39, 0.29) is 5.84 Å². The second-order valence-electron chi connectivity index (χ2n) is 5.94. The molecule has 1 aromatic rings. The van der Waals surface area contributed by atoms with Gasteiger partial charge in [0.25, 0.3) is 0 Å². The maximum atomic E-state index is 10.5. The molecule has 0 bridgehead atoms. The number of nitrogens with one attached hydrogen (secondary N) is 1. The van der Waals surface area contributed by atoms with Crippen LogP contribution in [0, 0.1) is 19.3 Å². The number of nitrogens with zero attached hydrogens (tertiary/aromatic N) is 2. The van der Waals surface area contributed by atoms with Gasteiger partial charge in [0.1, 0.15) is 5.84 Å². The van der Waals surface area contributed by atoms with Gasteiger partial charge >= 0.3 is 0 Å². The van der Waals surface area contributed by atoms with E-state index in [1.54, 1.807) is 0 Å². The molecule has 1 saturated carbocycles. The molecule has 1 fully saturated rings. The number of hydrogen-bond acceptors (Lipinski definition) is 4. The monoisotopic (exact) mass is 276 g/mol. The summed E-state index contributed by atoms with van der Waals surface area (Å²) in [6.07, 6.45) is 3.85. The fourth-order valence-electron chi connectivity index (χ4n) is 3.16. The van der Waals surface area contributed by atoms with Gasteiger partial charge in [-0.3, -0.25) is 10.4 Å². The third-order valence-corrected chi connectivity index (χ3v) is 4.05. The van der Waals surface area contributed by atoms with E-state index in [0.717, 1.165) is 42.8 Å². The highest BCUT2D eigenvalue weighted by atomic mass is 16.3. The molecule has 1 aliphatic rings. The fraction of sp³-hybridized carbons (Fsp3) is 0.600. The summed E-state index contributed by atoms with van der Waals surface area (Å²) in [5.41, 5.74) is 8.28. The molecule has 0 unspecified atom stereocenters. The van der Waals surface area contributed by atoms with Crippen molar-refractivity contribution in [3.63, 3.8) is 0 Å². The number of amidine groups is 1. The van der Waals surface area contributed by atoms with Gasteiger partial charge < -0.3 is 15.7 Å². The summed E-state index contributed by atoms with van der Waals surface area (Å²) in [7, 11) is 1.94. The first-order valence-electron chi connectivity index (χ1n) is 7.08. The molecule has 0 amide bonds. The van der Waals surface area contributed by atoms with Crippen LogP contribution < -0.4 is 10.6 Å². The Morgan fingerprint density at radius 2 is 2.05 bits per heavy atom. The van der Waals surface area contributed by atoms with Crippen LogP contribution in [-0.2, 0) is 0 Å². The van der Waals surface area contributed by atoms with E-state index < -0.39 is 5.60 Å². The summed E-state index contributed by atoms with van der Waals surface area (Å²) in [5.74, 6) is 0.0234. The van der Waals surface area contributed by atoms with Gasteiger partial charge in [0.15, 0.2) is 0 Å². The number of hydrogen-bond donors (Lipinski definition) is 3. The number of rotatable bonds is 4. The first-order valence-corrected chi connectivity index (χ1v) is 7.08. The lowest BCUT2D eigenvalue weighted by Gasteiger charge is -2.31. The molecule has 2 rings (SSSR count). The van der Waals surface area contributed by atoms with Crippen LogP contribution in [0.25, 0.3) is 0 Å². The summed E-state index contributed by atoms with van der Waals surface area (Å²) in [6, 6.07) is 1.93. The molecule has 0 aliphatic heterocycles. The van der Waals surface area contributed by atoms with E-state index in [0.29, 0.717) is 12.1 Å². The van der Waals surface area contributed by atoms with Crippen molar-refractivity contribution in [1.29, 1.82) is 5.41 Å². The quantitative estimate of drug-likeness (QED) is 0.577. The van der Waals surface area contributed by atoms with Gasteiger partial charge in [-0.05, 0) is 32.8 Å². The van der Waals surface area contributed by atoms with Crippen molar-refractivity contribution >= 4 is 11.5 Å². The lowest BCUT2D eigenvalue weighted by molar-refractivity contribution is 0.0559. The smallest absolute Gasteiger partial charge is 0.126 e. The average Bonchev–Trinajstić information content (AvgIpc) is 2.73. The highest BCUT2D eigenvalue weighted by Crippen LogP contribution is 2.32. The Labute approximate surface area is 120 Å². The first kappa shape index (κ1) is 14.8. The summed E-state index contributed by atoms with van der Waals surface area (Å²) in [5, 5.41) is 18.3. The number of anilines is 1. The highest BCUT2D eigenvalue weighted by Gasteiger charge is 2.33. The maximum absolute atomic E-state index is 10.5. The summed E-state index contributed by atoms with van der Waals surface area (Å²) < 4.78 is 0. The van der Waals surface area contributed by atoms with E-state index in [1.165, 1.54) is 0 Å². The molecule has 0 radical (unpaired) electrons. The molecule has 20 heavy (non-hydrogen) atoms. The van der Waals surface area contributed by atoms with Crippen molar-refractivity contribution in [3.8, 4) is 0 Å². The molecule has 1 heterocycles. The standard InChI is InChI=1S/C15H24N4O/c1-10-8-12(13(14(16)17)11(2)18-10)19(3)9-15(20)6-4-5-7-15/h8,20H,4-7,9H2,1-3H3,(H3,16,17). The number of likely N-dealkylation sites (N-methyl/N-ethyl adjacent to an activating group) is 1. The van der Waals surface area contributed by atoms with Crippen LogP contribution in [0.15, 0.2) is 6.07 Å². The maximum Gasteiger partial charge on any atom is 0.126 e. The number of aromatic nitrogens is 1. The Hall–Kier alpha value is -1.62. The topological polar surface area (TPSA) is 86.2 Å². The lowest BCUT2D eigenvalue weighted by atomic mass is 10.0. The van der Waals surface area contributed by atoms with E-state index >= 15 is 0 Å². The molecule has 0 saturated heterocycles. The number of aliphatic hydroxyl groups is 1. The van der Waals surface area contributed by atoms with Crippen molar-refractivity contribution in [3.05, 3.63) is 23.0 Å². The Kier molecular flexibility index (Phi) is 3.99. The Morgan fingerprint density at radius 3 is 2.60 bits per heavy atom. The highest BCUT2D eigenvalue weighted by molar-refractivity contribution is 6.01. The van der Waals surface area contributed by atoms with Crippen molar-refractivity contribution in [1.82, 2.24) is 4.98 Å². The van der Waals surface area contributed by atoms with Crippen molar-refractivity contribution < 1.29 is 5.11 Å². The summed E-state index contributed by atoms with van der Waals surface area (Å²) >= 11 is 0. The number of aryl methyl sites for hydroxylation is 2. The largest absolute Gasteiger partial charge is 0.388 e. The molecular weight excluding hydrogens is 252 g/mol. The third-order valence-electron chi connectivity index (χ3n) is 4.05. The molecule has 0 aromatic carbocycles. The minimum Gasteiger partial charge on any atom is -0.388 e. The van der Waals surface area contributed by atoms with E-state index in [1.807, 2.05) is 31.9 Å². The van der Waals surface area contributed by atoms with Crippen LogP contribution >= 0.6 is 0 Å². The number of nitrogens with two attached hydrogens (primary N) is 1. The SMILES string of the molecule is Cc1cc(N(C)CC2(O)CCCC2)c(C(=N)N)c(C)n1. The first-order chi connectivity index (χ1) is 9.32. The zero-order chi connectivity index (χ0) is 14.9. The molecular formula is C15H24N4O. The van der Waals surface area contributed by atoms with Gasteiger partial charge in [-0.2, -0.15) is 0 Å². The molecule has 5 nitrogen and oxygen atoms in total. The number of nitrogen functional groups attached to an aromatic ring is 1. The predicted octanol–water partition coefficient (Wildman–Crippen LogP) is 1.72. The van der Waals surface area contributed by atoms with Gasteiger partial charge in [0, 0.05) is 19.3 Å². The summed E-state index contributed by atoms with van der Waals surface area (Å²) in [4.78, 5) is 6.38. The lowest BCUT2D eigenvalue weighted by Crippen LogP contribution is -2.40. The summed E-state index contributed by atoms with van der Waals surface area (Å²) in [6.45, 7) is 4.36. The number of pyridine rings is 1. The minimum absolute atomic E-state index is 0.0234. The molecule has 4 N–H and O–H groups in total. The minimum atomic E-state index is -0.617. The average molecular weight is 276 g/mol. The fourth-order valence-corrected chi connectivity index (χ4v) is 3.16. The van der Waals surface area contributed by atoms with E-state index in [4.69, 9.17) is 11.1 Å². The van der Waals surface area contributed by atoms with Crippen molar-refractivity contribution in [2.24, 2.45) is 5.73 Å². The third kappa shape index (κ3) is 2.93. The Balaban J connectivity index is 2.33. The van der Waals surface area contributed by atoms with Crippen LogP contribution in [0.1, 0.15) is 42.6 Å². The Bertz CT molecular complexity index is 521. The van der Waals surface area contributed by atoms with Gasteiger partial charge in [0.05, 0.1) is 22.5 Å². The van der Waals surface area contributed by atoms with Crippen LogP contribution in [-0.4, -0.2) is 35.1 Å². The second-order valence-corrected chi connectivity index (χ2v) is 5.94. The molecule has 1 aromatic heterocycles. The normalized spacial score (nSPS) is 17.2. The van der Waals surface area contributed by atoms with Crippen LogP contribution in [0.3, 0.4) is 0 Å². The van der Waals surface area contributed by atoms with Gasteiger partial charge in [-0.1, -0.05) is 12.8 Å². The molecule has 0 spiro atoms. The molecule has 110 valence electrons. The second kappa shape index (κ2) is 5.40. The van der Waals surface area contributed by atoms with Gasteiger partial charge in [-0.25, -0.2) is 0 Å². The van der Waals surface area contributed by atoms with E-state index in [2.05, 4.69) is 4.98 Å². The van der Waals surface area contributed by atoms with Gasteiger partial charge in [-0.15, -0.1) is 0 Å². The van der Waals surface area contributed by atoms with Gasteiger partial charge in [0.2, 0.25) is 0 Å². The zero-order valence-corrected chi connectivity index (χ0v) is 12.5. The predicted molar refractivity (Wildman–Crippen MR) is 81.4 cm³/mol. The molecule has 0 atom stereocenters. The van der Waals surface area contributed by atoms with E-state index in [9.17, 15) is 5.11 Å². The van der Waals surface area contributed by atoms with Crippen molar-refractivity contribution in [2.75, 3.05) is 18.5 Å². The molecule has 5 heteroatoms.